The molecule has 1 nitrogen and oxygen atoms in total. The highest BCUT2D eigenvalue weighted by molar-refractivity contribution is 9.10. The maximum absolute atomic E-state index is 3.63. The van der Waals surface area contributed by atoms with Gasteiger partial charge in [-0.15, -0.1) is 0 Å². The van der Waals surface area contributed by atoms with Crippen LogP contribution in [0.15, 0.2) is 15.2 Å². The molecule has 0 aliphatic carbocycles. The van der Waals surface area contributed by atoms with Gasteiger partial charge in [0.25, 0.3) is 0 Å². The maximum Gasteiger partial charge on any atom is 0.0431 e. The van der Waals surface area contributed by atoms with E-state index in [1.165, 1.54) is 34.4 Å². The van der Waals surface area contributed by atoms with Crippen LogP contribution in [0.2, 0.25) is 0 Å². The molecule has 1 aromatic rings. The lowest BCUT2D eigenvalue weighted by atomic mass is 10.2. The monoisotopic (exact) mass is 321 g/mol. The summed E-state index contributed by atoms with van der Waals surface area (Å²) in [6.45, 7) is 5.55. The van der Waals surface area contributed by atoms with E-state index in [1.54, 1.807) is 11.3 Å². The average Bonchev–Trinajstić information content (AvgIpc) is 2.70. The standard InChI is InChI=1S/C12H20BrNS2/c1-3-5-14-12(9-15-6-4-2)10-7-16-8-11(10)13/h7-8,12,14H,3-6,9H2,1-2H3. The zero-order valence-electron chi connectivity index (χ0n) is 9.96. The number of hydrogen-bond donors (Lipinski definition) is 1. The van der Waals surface area contributed by atoms with Crippen LogP contribution in [-0.4, -0.2) is 18.1 Å². The fourth-order valence-electron chi connectivity index (χ4n) is 1.46. The predicted octanol–water partition coefficient (Wildman–Crippen LogP) is 4.69. The highest BCUT2D eigenvalue weighted by Gasteiger charge is 2.14. The molecular formula is C12H20BrNS2. The number of nitrogens with one attached hydrogen (secondary N) is 1. The van der Waals surface area contributed by atoms with Gasteiger partial charge >= 0.3 is 0 Å². The maximum atomic E-state index is 3.63. The van der Waals surface area contributed by atoms with Crippen molar-refractivity contribution in [1.82, 2.24) is 5.32 Å². The van der Waals surface area contributed by atoms with Crippen LogP contribution >= 0.6 is 39.0 Å². The number of halogens is 1. The highest BCUT2D eigenvalue weighted by Crippen LogP contribution is 2.29. The number of rotatable bonds is 8. The van der Waals surface area contributed by atoms with Crippen LogP contribution in [-0.2, 0) is 0 Å². The fraction of sp³-hybridized carbons (Fsp3) is 0.667. The molecule has 4 heteroatoms. The molecule has 1 rings (SSSR count). The second-order valence-electron chi connectivity index (χ2n) is 3.76. The molecule has 1 heterocycles. The summed E-state index contributed by atoms with van der Waals surface area (Å²) >= 11 is 7.44. The van der Waals surface area contributed by atoms with E-state index in [-0.39, 0.29) is 0 Å². The zero-order valence-corrected chi connectivity index (χ0v) is 13.2. The minimum absolute atomic E-state index is 0.497. The normalized spacial score (nSPS) is 12.9. The van der Waals surface area contributed by atoms with E-state index in [2.05, 4.69) is 45.9 Å². The summed E-state index contributed by atoms with van der Waals surface area (Å²) in [6, 6.07) is 0.497. The van der Waals surface area contributed by atoms with Crippen molar-refractivity contribution in [3.63, 3.8) is 0 Å². The Morgan fingerprint density at radius 2 is 2.19 bits per heavy atom. The Balaban J connectivity index is 2.53. The van der Waals surface area contributed by atoms with Crippen LogP contribution in [0, 0.1) is 0 Å². The summed E-state index contributed by atoms with van der Waals surface area (Å²) in [6.07, 6.45) is 2.45. The number of hydrogen-bond acceptors (Lipinski definition) is 3. The molecule has 0 saturated heterocycles. The van der Waals surface area contributed by atoms with Gasteiger partial charge in [0.1, 0.15) is 0 Å². The molecule has 1 N–H and O–H groups in total. The van der Waals surface area contributed by atoms with Crippen LogP contribution in [0.3, 0.4) is 0 Å². The fourth-order valence-corrected chi connectivity index (χ4v) is 4.08. The Kier molecular flexibility index (Phi) is 7.79. The van der Waals surface area contributed by atoms with Crippen molar-refractivity contribution in [1.29, 1.82) is 0 Å². The third-order valence-corrected chi connectivity index (χ3v) is 5.31. The Morgan fingerprint density at radius 1 is 1.38 bits per heavy atom. The largest absolute Gasteiger partial charge is 0.309 e. The van der Waals surface area contributed by atoms with Crippen molar-refractivity contribution in [3.05, 3.63) is 20.8 Å². The van der Waals surface area contributed by atoms with Crippen LogP contribution in [0.1, 0.15) is 38.3 Å². The lowest BCUT2D eigenvalue weighted by Crippen LogP contribution is -2.24. The minimum Gasteiger partial charge on any atom is -0.309 e. The van der Waals surface area contributed by atoms with Crippen molar-refractivity contribution in [2.24, 2.45) is 0 Å². The van der Waals surface area contributed by atoms with Crippen LogP contribution in [0.4, 0.5) is 0 Å². The van der Waals surface area contributed by atoms with Gasteiger partial charge in [0.2, 0.25) is 0 Å². The molecule has 1 atom stereocenters. The van der Waals surface area contributed by atoms with Crippen LogP contribution in [0.25, 0.3) is 0 Å². The van der Waals surface area contributed by atoms with Gasteiger partial charge in [0, 0.05) is 21.6 Å². The molecule has 0 bridgehead atoms. The second kappa shape index (κ2) is 8.56. The van der Waals surface area contributed by atoms with E-state index in [1.807, 2.05) is 11.8 Å². The van der Waals surface area contributed by atoms with E-state index in [9.17, 15) is 0 Å². The van der Waals surface area contributed by atoms with Gasteiger partial charge in [-0.25, -0.2) is 0 Å². The van der Waals surface area contributed by atoms with Crippen LogP contribution in [0.5, 0.6) is 0 Å². The third kappa shape index (κ3) is 4.78. The van der Waals surface area contributed by atoms with Crippen LogP contribution < -0.4 is 5.32 Å². The number of thioether (sulfide) groups is 1. The molecule has 1 aromatic heterocycles. The van der Waals surface area contributed by atoms with Crippen molar-refractivity contribution < 1.29 is 0 Å². The molecule has 16 heavy (non-hydrogen) atoms. The van der Waals surface area contributed by atoms with Gasteiger partial charge in [0.15, 0.2) is 0 Å². The lowest BCUT2D eigenvalue weighted by Gasteiger charge is -2.17. The smallest absolute Gasteiger partial charge is 0.0431 e. The van der Waals surface area contributed by atoms with Crippen molar-refractivity contribution >= 4 is 39.0 Å². The van der Waals surface area contributed by atoms with E-state index in [0.717, 1.165) is 6.54 Å². The molecule has 0 radical (unpaired) electrons. The first-order valence-electron chi connectivity index (χ1n) is 5.82. The SMILES string of the molecule is CCCNC(CSCCC)c1cscc1Br. The zero-order chi connectivity index (χ0) is 11.8. The average molecular weight is 322 g/mol. The van der Waals surface area contributed by atoms with E-state index < -0.39 is 0 Å². The predicted molar refractivity (Wildman–Crippen MR) is 80.7 cm³/mol. The molecule has 92 valence electrons. The van der Waals surface area contributed by atoms with Gasteiger partial charge in [-0.3, -0.25) is 0 Å². The van der Waals surface area contributed by atoms with Gasteiger partial charge in [-0.2, -0.15) is 23.1 Å². The molecule has 0 amide bonds. The van der Waals surface area contributed by atoms with Crippen molar-refractivity contribution in [2.45, 2.75) is 32.7 Å². The molecule has 0 fully saturated rings. The van der Waals surface area contributed by atoms with Crippen molar-refractivity contribution in [3.8, 4) is 0 Å². The summed E-state index contributed by atoms with van der Waals surface area (Å²) in [4.78, 5) is 0. The first-order chi connectivity index (χ1) is 7.79. The molecule has 0 spiro atoms. The summed E-state index contributed by atoms with van der Waals surface area (Å²) in [7, 11) is 0. The summed E-state index contributed by atoms with van der Waals surface area (Å²) in [5.41, 5.74) is 1.42. The lowest BCUT2D eigenvalue weighted by molar-refractivity contribution is 0.577. The Hall–Kier alpha value is 0.490. The highest BCUT2D eigenvalue weighted by atomic mass is 79.9. The Morgan fingerprint density at radius 3 is 2.75 bits per heavy atom. The summed E-state index contributed by atoms with van der Waals surface area (Å²) in [5, 5.41) is 8.05. The molecular weight excluding hydrogens is 302 g/mol. The first kappa shape index (κ1) is 14.6. The van der Waals surface area contributed by atoms with Gasteiger partial charge in [-0.1, -0.05) is 13.8 Å². The van der Waals surface area contributed by atoms with Gasteiger partial charge in [-0.05, 0) is 52.0 Å². The van der Waals surface area contributed by atoms with E-state index in [4.69, 9.17) is 0 Å². The topological polar surface area (TPSA) is 12.0 Å². The minimum atomic E-state index is 0.497. The Bertz CT molecular complexity index is 288. The molecule has 0 aliphatic heterocycles. The van der Waals surface area contributed by atoms with Crippen molar-refractivity contribution in [2.75, 3.05) is 18.1 Å². The summed E-state index contributed by atoms with van der Waals surface area (Å²) in [5.74, 6) is 2.43. The molecule has 0 aromatic carbocycles. The summed E-state index contributed by atoms with van der Waals surface area (Å²) < 4.78 is 1.25. The van der Waals surface area contributed by atoms with E-state index in [0.29, 0.717) is 6.04 Å². The molecule has 1 unspecified atom stereocenters. The van der Waals surface area contributed by atoms with Gasteiger partial charge in [0.05, 0.1) is 0 Å². The first-order valence-corrected chi connectivity index (χ1v) is 8.71. The Labute approximate surface area is 116 Å². The molecule has 0 aliphatic rings. The molecule has 0 saturated carbocycles. The number of thiophene rings is 1. The van der Waals surface area contributed by atoms with Gasteiger partial charge < -0.3 is 5.32 Å². The second-order valence-corrected chi connectivity index (χ2v) is 6.50. The van der Waals surface area contributed by atoms with E-state index >= 15 is 0 Å². The third-order valence-electron chi connectivity index (χ3n) is 2.29. The quantitative estimate of drug-likeness (QED) is 0.697.